The van der Waals surface area contributed by atoms with Gasteiger partial charge in [-0.15, -0.1) is 0 Å². The summed E-state index contributed by atoms with van der Waals surface area (Å²) in [7, 11) is 5.78. The minimum absolute atomic E-state index is 0.0504. The molecule has 8 heteroatoms. The van der Waals surface area contributed by atoms with Crippen molar-refractivity contribution in [2.75, 3.05) is 47.4 Å². The van der Waals surface area contributed by atoms with Gasteiger partial charge in [-0.3, -0.25) is 14.6 Å². The van der Waals surface area contributed by atoms with E-state index in [2.05, 4.69) is 16.8 Å². The maximum Gasteiger partial charge on any atom is 0.259 e. The highest BCUT2D eigenvalue weighted by Gasteiger charge is 2.34. The van der Waals surface area contributed by atoms with Crippen molar-refractivity contribution < 1.29 is 19.0 Å². The first-order chi connectivity index (χ1) is 16.7. The Morgan fingerprint density at radius 1 is 1.31 bits per heavy atom. The van der Waals surface area contributed by atoms with E-state index in [1.54, 1.807) is 29.3 Å². The molecule has 1 aliphatic rings. The van der Waals surface area contributed by atoms with Gasteiger partial charge in [-0.05, 0) is 40.2 Å². The molecule has 0 spiro atoms. The minimum Gasteiger partial charge on any atom is -0.472 e. The Kier molecular flexibility index (Phi) is 9.21. The van der Waals surface area contributed by atoms with E-state index in [1.165, 1.54) is 6.07 Å². The number of carbonyl (C=O) groups is 1. The van der Waals surface area contributed by atoms with Gasteiger partial charge in [0.15, 0.2) is 0 Å². The van der Waals surface area contributed by atoms with Crippen molar-refractivity contribution in [3.05, 3.63) is 59.0 Å². The highest BCUT2D eigenvalue weighted by molar-refractivity contribution is 5.97. The van der Waals surface area contributed by atoms with Crippen LogP contribution in [0.1, 0.15) is 35.3 Å². The van der Waals surface area contributed by atoms with Gasteiger partial charge in [0.1, 0.15) is 17.5 Å². The van der Waals surface area contributed by atoms with Crippen LogP contribution < -0.4 is 4.74 Å². The SMILES string of the molecule is C[C@@H]1CN([C@@H](C)CO)C(=O)c2cc(C#CCN(C)C)cnc2O[C@H]1CN(C)Cc1ccccc1F. The zero-order valence-corrected chi connectivity index (χ0v) is 21.2. The normalized spacial score (nSPS) is 18.9. The number of likely N-dealkylation sites (N-methyl/N-ethyl adjacent to an activating group) is 1. The summed E-state index contributed by atoms with van der Waals surface area (Å²) in [5, 5.41) is 9.81. The van der Waals surface area contributed by atoms with Crippen LogP contribution in [-0.2, 0) is 6.54 Å². The van der Waals surface area contributed by atoms with Gasteiger partial charge in [-0.25, -0.2) is 9.37 Å². The van der Waals surface area contributed by atoms with E-state index in [1.807, 2.05) is 50.9 Å². The Morgan fingerprint density at radius 2 is 2.06 bits per heavy atom. The standard InChI is InChI=1S/C27H35FN4O3/c1-19-15-32(20(2)18-33)27(34)23-13-21(9-8-12-30(3)4)14-29-26(23)35-25(19)17-31(5)16-22-10-6-7-11-24(22)28/h6-7,10-11,13-14,19-20,25,33H,12,15-18H2,1-5H3/t19-,20+,25+/m1/s1. The first-order valence-corrected chi connectivity index (χ1v) is 11.8. The molecule has 0 saturated carbocycles. The molecule has 1 N–H and O–H groups in total. The van der Waals surface area contributed by atoms with Crippen molar-refractivity contribution in [1.82, 2.24) is 19.7 Å². The molecule has 0 radical (unpaired) electrons. The molecule has 35 heavy (non-hydrogen) atoms. The second-order valence-electron chi connectivity index (χ2n) is 9.53. The molecule has 0 bridgehead atoms. The number of pyridine rings is 1. The second kappa shape index (κ2) is 12.1. The minimum atomic E-state index is -0.365. The van der Waals surface area contributed by atoms with Crippen LogP contribution in [0.4, 0.5) is 4.39 Å². The topological polar surface area (TPSA) is 69.1 Å². The van der Waals surface area contributed by atoms with Crippen molar-refractivity contribution in [2.45, 2.75) is 32.5 Å². The van der Waals surface area contributed by atoms with Crippen LogP contribution in [0.2, 0.25) is 0 Å². The first kappa shape index (κ1) is 26.6. The van der Waals surface area contributed by atoms with Crippen LogP contribution in [-0.4, -0.2) is 90.2 Å². The largest absolute Gasteiger partial charge is 0.472 e. The van der Waals surface area contributed by atoms with Crippen molar-refractivity contribution in [3.63, 3.8) is 0 Å². The molecule has 1 aromatic carbocycles. The molecular formula is C27H35FN4O3. The second-order valence-corrected chi connectivity index (χ2v) is 9.53. The zero-order valence-electron chi connectivity index (χ0n) is 21.2. The molecule has 7 nitrogen and oxygen atoms in total. The number of halogens is 1. The summed E-state index contributed by atoms with van der Waals surface area (Å²) in [5.41, 5.74) is 1.57. The third-order valence-corrected chi connectivity index (χ3v) is 6.04. The number of aliphatic hydroxyl groups excluding tert-OH is 1. The van der Waals surface area contributed by atoms with Crippen LogP contribution in [0.15, 0.2) is 36.5 Å². The number of benzene rings is 1. The van der Waals surface area contributed by atoms with Crippen LogP contribution in [0, 0.1) is 23.6 Å². The van der Waals surface area contributed by atoms with Crippen LogP contribution in [0.3, 0.4) is 0 Å². The maximum absolute atomic E-state index is 14.2. The van der Waals surface area contributed by atoms with Gasteiger partial charge in [0.25, 0.3) is 5.91 Å². The van der Waals surface area contributed by atoms with E-state index < -0.39 is 0 Å². The van der Waals surface area contributed by atoms with E-state index in [4.69, 9.17) is 4.74 Å². The number of rotatable bonds is 7. The molecule has 0 saturated heterocycles. The lowest BCUT2D eigenvalue weighted by atomic mass is 9.99. The quantitative estimate of drug-likeness (QED) is 0.612. The van der Waals surface area contributed by atoms with Gasteiger partial charge in [0, 0.05) is 42.9 Å². The fraction of sp³-hybridized carbons (Fsp3) is 0.481. The average Bonchev–Trinajstić information content (AvgIpc) is 2.82. The molecule has 0 unspecified atom stereocenters. The lowest BCUT2D eigenvalue weighted by Gasteiger charge is -2.37. The lowest BCUT2D eigenvalue weighted by Crippen LogP contribution is -2.49. The summed E-state index contributed by atoms with van der Waals surface area (Å²) in [6.07, 6.45) is 1.31. The van der Waals surface area contributed by atoms with Gasteiger partial charge in [0.05, 0.1) is 19.2 Å². The molecule has 0 aliphatic carbocycles. The molecule has 3 rings (SSSR count). The Balaban J connectivity index is 1.90. The average molecular weight is 483 g/mol. The summed E-state index contributed by atoms with van der Waals surface area (Å²) < 4.78 is 20.5. The number of nitrogens with zero attached hydrogens (tertiary/aromatic N) is 4. The van der Waals surface area contributed by atoms with Gasteiger partial charge in [-0.2, -0.15) is 0 Å². The number of amides is 1. The summed E-state index contributed by atoms with van der Waals surface area (Å²) in [6, 6.07) is 8.07. The Hall–Kier alpha value is -2.99. The smallest absolute Gasteiger partial charge is 0.259 e. The van der Waals surface area contributed by atoms with Crippen LogP contribution in [0.25, 0.3) is 0 Å². The maximum atomic E-state index is 14.2. The molecule has 0 fully saturated rings. The highest BCUT2D eigenvalue weighted by Crippen LogP contribution is 2.27. The Bertz CT molecular complexity index is 1080. The van der Waals surface area contributed by atoms with Crippen LogP contribution in [0.5, 0.6) is 5.88 Å². The van der Waals surface area contributed by atoms with Gasteiger partial charge in [-0.1, -0.05) is 37.0 Å². The van der Waals surface area contributed by atoms with E-state index in [0.717, 1.165) is 0 Å². The van der Waals surface area contributed by atoms with Crippen molar-refractivity contribution in [3.8, 4) is 17.7 Å². The molecule has 2 heterocycles. The number of aromatic nitrogens is 1. The monoisotopic (exact) mass is 482 g/mol. The third-order valence-electron chi connectivity index (χ3n) is 6.04. The third kappa shape index (κ3) is 7.01. The zero-order chi connectivity index (χ0) is 25.5. The van der Waals surface area contributed by atoms with Crippen molar-refractivity contribution >= 4 is 5.91 Å². The van der Waals surface area contributed by atoms with Crippen molar-refractivity contribution in [1.29, 1.82) is 0 Å². The molecule has 2 aromatic rings. The van der Waals surface area contributed by atoms with Crippen molar-refractivity contribution in [2.24, 2.45) is 5.92 Å². The predicted octanol–water partition coefficient (Wildman–Crippen LogP) is 2.49. The summed E-state index contributed by atoms with van der Waals surface area (Å²) >= 11 is 0. The van der Waals surface area contributed by atoms with E-state index >= 15 is 0 Å². The molecule has 1 aromatic heterocycles. The highest BCUT2D eigenvalue weighted by atomic mass is 19.1. The number of ether oxygens (including phenoxy) is 1. The number of fused-ring (bicyclic) bond motifs is 1. The van der Waals surface area contributed by atoms with Gasteiger partial charge >= 0.3 is 0 Å². The Morgan fingerprint density at radius 3 is 2.74 bits per heavy atom. The molecule has 1 aliphatic heterocycles. The number of aliphatic hydroxyl groups is 1. The molecule has 3 atom stereocenters. The fourth-order valence-electron chi connectivity index (χ4n) is 3.98. The summed E-state index contributed by atoms with van der Waals surface area (Å²) in [5.74, 6) is 5.83. The summed E-state index contributed by atoms with van der Waals surface area (Å²) in [6.45, 7) is 5.62. The van der Waals surface area contributed by atoms with Crippen LogP contribution >= 0.6 is 0 Å². The number of hydrogen-bond donors (Lipinski definition) is 1. The first-order valence-electron chi connectivity index (χ1n) is 11.8. The number of carbonyl (C=O) groups excluding carboxylic acids is 1. The number of hydrogen-bond acceptors (Lipinski definition) is 6. The van der Waals surface area contributed by atoms with Gasteiger partial charge < -0.3 is 14.7 Å². The fourth-order valence-corrected chi connectivity index (χ4v) is 3.98. The van der Waals surface area contributed by atoms with E-state index in [0.29, 0.717) is 42.9 Å². The Labute approximate surface area is 207 Å². The van der Waals surface area contributed by atoms with E-state index in [9.17, 15) is 14.3 Å². The lowest BCUT2D eigenvalue weighted by molar-refractivity contribution is 0.0324. The predicted molar refractivity (Wildman–Crippen MR) is 134 cm³/mol. The summed E-state index contributed by atoms with van der Waals surface area (Å²) in [4.78, 5) is 23.5. The molecule has 188 valence electrons. The molecule has 1 amide bonds. The van der Waals surface area contributed by atoms with Gasteiger partial charge in [0.2, 0.25) is 5.88 Å². The molecular weight excluding hydrogens is 447 g/mol. The van der Waals surface area contributed by atoms with E-state index in [-0.39, 0.29) is 42.3 Å².